The summed E-state index contributed by atoms with van der Waals surface area (Å²) in [4.78, 5) is 22.1. The SMILES string of the molecule is CCCCCCCCCCCC(=O)O.CCCCCCCCCCCC(=O)OC/C=C(/C)CC/C=C(\C)CC/C=C(\C)CCC=C(C)C. The van der Waals surface area contributed by atoms with Gasteiger partial charge in [0.15, 0.2) is 0 Å². The Morgan fingerprint density at radius 1 is 0.458 bits per heavy atom. The van der Waals surface area contributed by atoms with Crippen LogP contribution in [0.5, 0.6) is 0 Å². The molecule has 280 valence electrons. The molecule has 0 radical (unpaired) electrons. The molecule has 0 aliphatic carbocycles. The van der Waals surface area contributed by atoms with Crippen LogP contribution in [-0.2, 0) is 14.3 Å². The van der Waals surface area contributed by atoms with Crippen LogP contribution in [0.25, 0.3) is 0 Å². The van der Waals surface area contributed by atoms with Crippen LogP contribution in [0.4, 0.5) is 0 Å². The highest BCUT2D eigenvalue weighted by Crippen LogP contribution is 2.15. The lowest BCUT2D eigenvalue weighted by Crippen LogP contribution is -2.04. The van der Waals surface area contributed by atoms with Crippen molar-refractivity contribution in [2.24, 2.45) is 0 Å². The van der Waals surface area contributed by atoms with Crippen LogP contribution in [0.3, 0.4) is 0 Å². The first-order valence-electron chi connectivity index (χ1n) is 20.1. The van der Waals surface area contributed by atoms with Gasteiger partial charge in [-0.1, -0.05) is 157 Å². The van der Waals surface area contributed by atoms with Crippen molar-refractivity contribution in [1.29, 1.82) is 0 Å². The summed E-state index contributed by atoms with van der Waals surface area (Å²) in [6.45, 7) is 15.8. The molecule has 0 aliphatic heterocycles. The standard InChI is InChI=1S/C32H56O2.C12H24O2/c1-7-8-9-10-11-12-13-14-15-25-32(33)34-27-26-31(6)24-18-23-30(5)22-17-21-29(4)20-16-19-28(2)3;1-2-3-4-5-6-7-8-9-10-11-12(13)14/h19,21,23,26H,7-18,20,22,24-25,27H2,1-6H3;2-11H2,1H3,(H,13,14)/b29-21+,30-23+,31-26-;. The zero-order valence-corrected chi connectivity index (χ0v) is 33.1. The van der Waals surface area contributed by atoms with E-state index >= 15 is 0 Å². The van der Waals surface area contributed by atoms with Gasteiger partial charge in [-0.2, -0.15) is 0 Å². The third-order valence-corrected chi connectivity index (χ3v) is 8.81. The summed E-state index contributed by atoms with van der Waals surface area (Å²) in [5, 5.41) is 8.41. The van der Waals surface area contributed by atoms with E-state index in [1.807, 2.05) is 0 Å². The van der Waals surface area contributed by atoms with Gasteiger partial charge in [0.2, 0.25) is 0 Å². The normalized spacial score (nSPS) is 12.0. The number of carbonyl (C=O) groups excluding carboxylic acids is 1. The van der Waals surface area contributed by atoms with Gasteiger partial charge in [0.1, 0.15) is 6.61 Å². The molecule has 0 aromatic rings. The van der Waals surface area contributed by atoms with Gasteiger partial charge >= 0.3 is 11.9 Å². The van der Waals surface area contributed by atoms with E-state index < -0.39 is 5.97 Å². The summed E-state index contributed by atoms with van der Waals surface area (Å²) in [7, 11) is 0. The van der Waals surface area contributed by atoms with E-state index in [0.717, 1.165) is 57.8 Å². The second-order valence-corrected chi connectivity index (χ2v) is 14.3. The zero-order chi connectivity index (χ0) is 36.1. The van der Waals surface area contributed by atoms with Crippen LogP contribution in [0.15, 0.2) is 46.6 Å². The molecule has 0 aliphatic rings. The molecular weight excluding hydrogens is 592 g/mol. The first-order chi connectivity index (χ1) is 23.1. The lowest BCUT2D eigenvalue weighted by molar-refractivity contribution is -0.142. The molecule has 0 heterocycles. The van der Waals surface area contributed by atoms with Crippen LogP contribution in [0, 0.1) is 0 Å². The van der Waals surface area contributed by atoms with Gasteiger partial charge in [-0.3, -0.25) is 9.59 Å². The van der Waals surface area contributed by atoms with Crippen LogP contribution < -0.4 is 0 Å². The molecule has 0 atom stereocenters. The molecule has 0 saturated carbocycles. The van der Waals surface area contributed by atoms with Gasteiger partial charge in [-0.25, -0.2) is 0 Å². The second kappa shape index (κ2) is 37.7. The van der Waals surface area contributed by atoms with Gasteiger partial charge in [0.05, 0.1) is 0 Å². The lowest BCUT2D eigenvalue weighted by Gasteiger charge is -2.05. The largest absolute Gasteiger partial charge is 0.481 e. The average Bonchev–Trinajstić information content (AvgIpc) is 3.03. The Hall–Kier alpha value is -2.10. The molecule has 0 saturated heterocycles. The van der Waals surface area contributed by atoms with Gasteiger partial charge in [-0.05, 0) is 92.1 Å². The molecule has 0 bridgehead atoms. The van der Waals surface area contributed by atoms with Crippen LogP contribution >= 0.6 is 0 Å². The Bertz CT molecular complexity index is 872. The van der Waals surface area contributed by atoms with E-state index in [2.05, 4.69) is 72.8 Å². The molecule has 4 nitrogen and oxygen atoms in total. The number of carbonyl (C=O) groups is 2. The van der Waals surface area contributed by atoms with E-state index in [1.54, 1.807) is 0 Å². The van der Waals surface area contributed by atoms with E-state index in [-0.39, 0.29) is 5.97 Å². The van der Waals surface area contributed by atoms with E-state index in [0.29, 0.717) is 19.4 Å². The molecule has 48 heavy (non-hydrogen) atoms. The topological polar surface area (TPSA) is 63.6 Å². The highest BCUT2D eigenvalue weighted by atomic mass is 16.5. The molecule has 0 rings (SSSR count). The van der Waals surface area contributed by atoms with Gasteiger partial charge in [0.25, 0.3) is 0 Å². The van der Waals surface area contributed by atoms with Gasteiger partial charge in [0, 0.05) is 12.8 Å². The van der Waals surface area contributed by atoms with Crippen LogP contribution in [0.1, 0.15) is 215 Å². The van der Waals surface area contributed by atoms with Crippen molar-refractivity contribution in [1.82, 2.24) is 0 Å². The predicted octanol–water partition coefficient (Wildman–Crippen LogP) is 14.6. The highest BCUT2D eigenvalue weighted by molar-refractivity contribution is 5.69. The smallest absolute Gasteiger partial charge is 0.306 e. The fraction of sp³-hybridized carbons (Fsp3) is 0.773. The number of carboxylic acids is 1. The summed E-state index contributed by atoms with van der Waals surface area (Å²) >= 11 is 0. The Morgan fingerprint density at radius 3 is 1.21 bits per heavy atom. The Balaban J connectivity index is 0. The van der Waals surface area contributed by atoms with Crippen LogP contribution in [-0.4, -0.2) is 23.7 Å². The number of allylic oxidation sites excluding steroid dienone is 7. The molecule has 1 N–H and O–H groups in total. The Kier molecular flexibility index (Phi) is 37.7. The van der Waals surface area contributed by atoms with Crippen molar-refractivity contribution in [3.8, 4) is 0 Å². The maximum atomic E-state index is 11.9. The van der Waals surface area contributed by atoms with Crippen molar-refractivity contribution in [2.75, 3.05) is 6.61 Å². The quantitative estimate of drug-likeness (QED) is 0.0452. The minimum absolute atomic E-state index is 0.0491. The maximum Gasteiger partial charge on any atom is 0.306 e. The minimum atomic E-state index is -0.659. The van der Waals surface area contributed by atoms with Crippen molar-refractivity contribution in [3.05, 3.63) is 46.6 Å². The molecule has 0 aromatic heterocycles. The Labute approximate surface area is 299 Å². The van der Waals surface area contributed by atoms with E-state index in [1.165, 1.54) is 119 Å². The van der Waals surface area contributed by atoms with Crippen LogP contribution in [0.2, 0.25) is 0 Å². The van der Waals surface area contributed by atoms with Crippen molar-refractivity contribution >= 4 is 11.9 Å². The molecule has 0 amide bonds. The number of esters is 1. The van der Waals surface area contributed by atoms with Crippen molar-refractivity contribution in [3.63, 3.8) is 0 Å². The Morgan fingerprint density at radius 2 is 0.812 bits per heavy atom. The molecule has 0 aromatic carbocycles. The summed E-state index contributed by atoms with van der Waals surface area (Å²) in [5.41, 5.74) is 5.67. The molecule has 0 fully saturated rings. The summed E-state index contributed by atoms with van der Waals surface area (Å²) in [6.07, 6.45) is 39.3. The number of unbranched alkanes of at least 4 members (excludes halogenated alkanes) is 16. The maximum absolute atomic E-state index is 11.9. The fourth-order valence-corrected chi connectivity index (χ4v) is 5.50. The third kappa shape index (κ3) is 41.9. The number of carboxylic acid groups (broad SMARTS) is 1. The number of aliphatic carboxylic acids is 1. The first kappa shape index (κ1) is 48.0. The average molecular weight is 673 g/mol. The first-order valence-corrected chi connectivity index (χ1v) is 20.1. The summed E-state index contributed by atoms with van der Waals surface area (Å²) in [6, 6.07) is 0. The zero-order valence-electron chi connectivity index (χ0n) is 33.1. The number of hydrogen-bond acceptors (Lipinski definition) is 3. The van der Waals surface area contributed by atoms with E-state index in [9.17, 15) is 9.59 Å². The summed E-state index contributed by atoms with van der Waals surface area (Å²) < 4.78 is 5.39. The molecular formula is C44H80O4. The predicted molar refractivity (Wildman–Crippen MR) is 211 cm³/mol. The third-order valence-electron chi connectivity index (χ3n) is 8.81. The number of hydrogen-bond donors (Lipinski definition) is 1. The molecule has 0 unspecified atom stereocenters. The second-order valence-electron chi connectivity index (χ2n) is 14.3. The highest BCUT2D eigenvalue weighted by Gasteiger charge is 2.02. The van der Waals surface area contributed by atoms with E-state index in [4.69, 9.17) is 9.84 Å². The van der Waals surface area contributed by atoms with Crippen molar-refractivity contribution in [2.45, 2.75) is 215 Å². The lowest BCUT2D eigenvalue weighted by atomic mass is 10.0. The minimum Gasteiger partial charge on any atom is -0.481 e. The monoisotopic (exact) mass is 673 g/mol. The number of rotatable bonds is 31. The number of ether oxygens (including phenoxy) is 1. The summed E-state index contributed by atoms with van der Waals surface area (Å²) in [5.74, 6) is -0.708. The molecule has 4 heteroatoms. The van der Waals surface area contributed by atoms with Crippen molar-refractivity contribution < 1.29 is 19.4 Å². The molecule has 0 spiro atoms. The van der Waals surface area contributed by atoms with Gasteiger partial charge < -0.3 is 9.84 Å². The van der Waals surface area contributed by atoms with Gasteiger partial charge in [-0.15, -0.1) is 0 Å². The fourth-order valence-electron chi connectivity index (χ4n) is 5.50.